The van der Waals surface area contributed by atoms with Crippen LogP contribution in [0, 0.1) is 6.92 Å². The molecular formula is C19H27N5O2. The number of amides is 1. The zero-order chi connectivity index (χ0) is 18.7. The largest absolute Gasteiger partial charge is 0.395 e. The van der Waals surface area contributed by atoms with Crippen molar-refractivity contribution in [2.45, 2.75) is 46.2 Å². The number of hydrogen-bond acceptors (Lipinski definition) is 5. The predicted molar refractivity (Wildman–Crippen MR) is 99.4 cm³/mol. The van der Waals surface area contributed by atoms with E-state index in [1.165, 1.54) is 11.1 Å². The highest BCUT2D eigenvalue weighted by Gasteiger charge is 2.23. The fraction of sp³-hybridized carbons (Fsp3) is 0.526. The van der Waals surface area contributed by atoms with Crippen molar-refractivity contribution in [3.8, 4) is 5.69 Å². The number of hydrogen-bond donors (Lipinski definition) is 2. The van der Waals surface area contributed by atoms with Crippen LogP contribution >= 0.6 is 0 Å². The number of aromatic nitrogens is 3. The van der Waals surface area contributed by atoms with E-state index in [0.717, 1.165) is 37.3 Å². The van der Waals surface area contributed by atoms with Crippen molar-refractivity contribution in [1.82, 2.24) is 25.2 Å². The lowest BCUT2D eigenvalue weighted by molar-refractivity contribution is 0.0933. The second-order valence-electron chi connectivity index (χ2n) is 6.88. The highest BCUT2D eigenvalue weighted by molar-refractivity contribution is 5.93. The Hall–Kier alpha value is -2.25. The lowest BCUT2D eigenvalue weighted by Gasteiger charge is -2.29. The van der Waals surface area contributed by atoms with E-state index in [4.69, 9.17) is 5.11 Å². The Morgan fingerprint density at radius 2 is 2.23 bits per heavy atom. The molecule has 1 aliphatic rings. The zero-order valence-electron chi connectivity index (χ0n) is 15.7. The molecule has 2 heterocycles. The smallest absolute Gasteiger partial charge is 0.273 e. The fourth-order valence-corrected chi connectivity index (χ4v) is 3.34. The van der Waals surface area contributed by atoms with Crippen molar-refractivity contribution in [1.29, 1.82) is 0 Å². The van der Waals surface area contributed by atoms with Crippen molar-refractivity contribution in [3.63, 3.8) is 0 Å². The summed E-state index contributed by atoms with van der Waals surface area (Å²) in [4.78, 5) is 14.7. The summed E-state index contributed by atoms with van der Waals surface area (Å²) in [6.07, 6.45) is 1.76. The van der Waals surface area contributed by atoms with Gasteiger partial charge in [0.05, 0.1) is 18.0 Å². The van der Waals surface area contributed by atoms with Gasteiger partial charge in [-0.25, -0.2) is 4.68 Å². The molecule has 1 aromatic heterocycles. The minimum Gasteiger partial charge on any atom is -0.395 e. The van der Waals surface area contributed by atoms with Gasteiger partial charge < -0.3 is 10.4 Å². The molecule has 0 radical (unpaired) electrons. The summed E-state index contributed by atoms with van der Waals surface area (Å²) in [5, 5.41) is 20.5. The van der Waals surface area contributed by atoms with Gasteiger partial charge in [-0.2, -0.15) is 0 Å². The summed E-state index contributed by atoms with van der Waals surface area (Å²) >= 11 is 0. The molecule has 1 aliphatic heterocycles. The number of aliphatic hydroxyl groups excluding tert-OH is 1. The second kappa shape index (κ2) is 7.97. The van der Waals surface area contributed by atoms with Crippen LogP contribution in [-0.4, -0.2) is 56.6 Å². The van der Waals surface area contributed by atoms with E-state index >= 15 is 0 Å². The Balaban J connectivity index is 1.89. The van der Waals surface area contributed by atoms with E-state index in [2.05, 4.69) is 26.6 Å². The second-order valence-corrected chi connectivity index (χ2v) is 6.88. The van der Waals surface area contributed by atoms with Gasteiger partial charge in [-0.15, -0.1) is 5.10 Å². The molecule has 0 fully saturated rings. The number of β-amino-alcohol motifs (C(OH)–C–C–N with tert-alkyl or cyclic N) is 1. The zero-order valence-corrected chi connectivity index (χ0v) is 15.7. The maximum Gasteiger partial charge on any atom is 0.273 e. The van der Waals surface area contributed by atoms with E-state index in [-0.39, 0.29) is 18.6 Å². The van der Waals surface area contributed by atoms with Crippen molar-refractivity contribution in [2.24, 2.45) is 0 Å². The third-order valence-electron chi connectivity index (χ3n) is 5.06. The number of carbonyl (C=O) groups is 1. The molecule has 0 unspecified atom stereocenters. The molecule has 7 nitrogen and oxygen atoms in total. The molecule has 0 spiro atoms. The first-order valence-electron chi connectivity index (χ1n) is 9.22. The lowest BCUT2D eigenvalue weighted by atomic mass is 9.97. The topological polar surface area (TPSA) is 83.3 Å². The Bertz CT molecular complexity index is 786. The Labute approximate surface area is 154 Å². The van der Waals surface area contributed by atoms with Gasteiger partial charge in [0.15, 0.2) is 5.69 Å². The summed E-state index contributed by atoms with van der Waals surface area (Å²) in [6.45, 7) is 8.47. The van der Waals surface area contributed by atoms with Gasteiger partial charge >= 0.3 is 0 Å². The molecule has 26 heavy (non-hydrogen) atoms. The standard InChI is InChI=1S/C19H27N5O2/c1-4-13(2)20-19(26)18-14(3)24(22-21-18)17-7-5-6-15-12-23(10-11-25)9-8-16(15)17/h5-7,13,25H,4,8-12H2,1-3H3,(H,20,26)/t13-/m1/s1. The van der Waals surface area contributed by atoms with Crippen LogP contribution in [0.5, 0.6) is 0 Å². The van der Waals surface area contributed by atoms with E-state index < -0.39 is 0 Å². The maximum atomic E-state index is 12.4. The van der Waals surface area contributed by atoms with Gasteiger partial charge in [0, 0.05) is 25.7 Å². The molecule has 1 atom stereocenters. The van der Waals surface area contributed by atoms with Crippen LogP contribution in [0.2, 0.25) is 0 Å². The fourth-order valence-electron chi connectivity index (χ4n) is 3.34. The molecule has 0 saturated carbocycles. The van der Waals surface area contributed by atoms with E-state index in [1.54, 1.807) is 4.68 Å². The van der Waals surface area contributed by atoms with Crippen LogP contribution < -0.4 is 5.32 Å². The SMILES string of the molecule is CC[C@@H](C)NC(=O)c1nnn(-c2cccc3c2CCN(CCO)C3)c1C. The van der Waals surface area contributed by atoms with E-state index in [0.29, 0.717) is 12.2 Å². The van der Waals surface area contributed by atoms with Gasteiger partial charge in [0.25, 0.3) is 5.91 Å². The number of fused-ring (bicyclic) bond motifs is 1. The minimum atomic E-state index is -0.179. The molecule has 2 N–H and O–H groups in total. The quantitative estimate of drug-likeness (QED) is 0.818. The average Bonchev–Trinajstić information content (AvgIpc) is 3.02. The Morgan fingerprint density at radius 3 is 2.96 bits per heavy atom. The molecule has 2 aromatic rings. The summed E-state index contributed by atoms with van der Waals surface area (Å²) in [7, 11) is 0. The number of carbonyl (C=O) groups excluding carboxylic acids is 1. The average molecular weight is 357 g/mol. The van der Waals surface area contributed by atoms with Gasteiger partial charge in [0.2, 0.25) is 0 Å². The third-order valence-corrected chi connectivity index (χ3v) is 5.06. The molecule has 0 aliphatic carbocycles. The van der Waals surface area contributed by atoms with Gasteiger partial charge in [-0.1, -0.05) is 24.3 Å². The van der Waals surface area contributed by atoms with E-state index in [1.807, 2.05) is 32.9 Å². The van der Waals surface area contributed by atoms with Crippen molar-refractivity contribution in [3.05, 3.63) is 40.7 Å². The lowest BCUT2D eigenvalue weighted by Crippen LogP contribution is -2.33. The summed E-state index contributed by atoms with van der Waals surface area (Å²) in [6, 6.07) is 6.26. The van der Waals surface area contributed by atoms with Gasteiger partial charge in [0.1, 0.15) is 0 Å². The van der Waals surface area contributed by atoms with Crippen LogP contribution in [0.4, 0.5) is 0 Å². The molecule has 1 aromatic carbocycles. The highest BCUT2D eigenvalue weighted by Crippen LogP contribution is 2.26. The monoisotopic (exact) mass is 357 g/mol. The number of rotatable bonds is 6. The number of aliphatic hydroxyl groups is 1. The first kappa shape index (κ1) is 18.5. The van der Waals surface area contributed by atoms with Crippen LogP contribution in [0.1, 0.15) is 47.6 Å². The molecule has 3 rings (SSSR count). The highest BCUT2D eigenvalue weighted by atomic mass is 16.3. The van der Waals surface area contributed by atoms with Crippen LogP contribution in [0.3, 0.4) is 0 Å². The molecule has 1 amide bonds. The summed E-state index contributed by atoms with van der Waals surface area (Å²) < 4.78 is 1.77. The van der Waals surface area contributed by atoms with Crippen molar-refractivity contribution in [2.75, 3.05) is 19.7 Å². The normalized spacial score (nSPS) is 15.5. The minimum absolute atomic E-state index is 0.106. The van der Waals surface area contributed by atoms with Crippen molar-refractivity contribution < 1.29 is 9.90 Å². The molecule has 0 saturated heterocycles. The Morgan fingerprint density at radius 1 is 1.42 bits per heavy atom. The number of nitrogens with zero attached hydrogens (tertiary/aromatic N) is 4. The van der Waals surface area contributed by atoms with Crippen molar-refractivity contribution >= 4 is 5.91 Å². The predicted octanol–water partition coefficient (Wildman–Crippen LogP) is 1.45. The Kier molecular flexibility index (Phi) is 5.68. The molecule has 140 valence electrons. The summed E-state index contributed by atoms with van der Waals surface area (Å²) in [5.74, 6) is -0.179. The van der Waals surface area contributed by atoms with Crippen LogP contribution in [-0.2, 0) is 13.0 Å². The number of benzene rings is 1. The third kappa shape index (κ3) is 3.64. The first-order chi connectivity index (χ1) is 12.5. The molecule has 0 bridgehead atoms. The first-order valence-corrected chi connectivity index (χ1v) is 9.22. The van der Waals surface area contributed by atoms with Gasteiger partial charge in [-0.3, -0.25) is 9.69 Å². The summed E-state index contributed by atoms with van der Waals surface area (Å²) in [5.41, 5.74) is 4.59. The van der Waals surface area contributed by atoms with Crippen LogP contribution in [0.25, 0.3) is 5.69 Å². The maximum absolute atomic E-state index is 12.4. The van der Waals surface area contributed by atoms with Crippen LogP contribution in [0.15, 0.2) is 18.2 Å². The van der Waals surface area contributed by atoms with Gasteiger partial charge in [-0.05, 0) is 43.9 Å². The number of nitrogens with one attached hydrogen (secondary N) is 1. The molecule has 7 heteroatoms. The molecular weight excluding hydrogens is 330 g/mol. The van der Waals surface area contributed by atoms with E-state index in [9.17, 15) is 4.79 Å².